The van der Waals surface area contributed by atoms with Gasteiger partial charge in [-0.25, -0.2) is 4.98 Å². The van der Waals surface area contributed by atoms with Crippen molar-refractivity contribution < 1.29 is 23.8 Å². The van der Waals surface area contributed by atoms with E-state index in [1.54, 1.807) is 55.8 Å². The molecule has 0 bridgehead atoms. The van der Waals surface area contributed by atoms with Crippen LogP contribution in [0.25, 0.3) is 10.9 Å². The van der Waals surface area contributed by atoms with Gasteiger partial charge in [0.15, 0.2) is 11.5 Å². The number of pyridine rings is 2. The van der Waals surface area contributed by atoms with Crippen LogP contribution in [0.15, 0.2) is 60.9 Å². The molecule has 0 aliphatic rings. The molecule has 0 aliphatic carbocycles. The normalized spacial score (nSPS) is 10.6. The molecule has 0 radical (unpaired) electrons. The third kappa shape index (κ3) is 5.76. The van der Waals surface area contributed by atoms with Crippen molar-refractivity contribution >= 4 is 57.3 Å². The van der Waals surface area contributed by atoms with Crippen LogP contribution in [0.2, 0.25) is 10.0 Å². The molecular weight excluding hydrogens is 507 g/mol. The Morgan fingerprint density at radius 3 is 2.31 bits per heavy atom. The van der Waals surface area contributed by atoms with Crippen LogP contribution in [0.1, 0.15) is 6.42 Å². The second-order valence-corrected chi connectivity index (χ2v) is 8.21. The summed E-state index contributed by atoms with van der Waals surface area (Å²) in [5.74, 6) is 0.547. The van der Waals surface area contributed by atoms with E-state index < -0.39 is 18.2 Å². The first-order chi connectivity index (χ1) is 17.4. The molecule has 2 aromatic carbocycles. The SMILES string of the molecule is COc1cc2nccc(Oc3ncc(NC(=O)CC(=O)Nc4ccccc4Cl)cc3Cl)c2cc1OC. The zero-order valence-corrected chi connectivity index (χ0v) is 20.7. The fourth-order valence-corrected chi connectivity index (χ4v) is 3.71. The number of halogens is 2. The Labute approximate surface area is 216 Å². The molecule has 11 heteroatoms. The van der Waals surface area contributed by atoms with Crippen LogP contribution in [0.5, 0.6) is 23.1 Å². The van der Waals surface area contributed by atoms with E-state index in [0.29, 0.717) is 44.5 Å². The highest BCUT2D eigenvalue weighted by atomic mass is 35.5. The number of hydrogen-bond donors (Lipinski definition) is 2. The van der Waals surface area contributed by atoms with E-state index in [2.05, 4.69) is 20.6 Å². The maximum absolute atomic E-state index is 12.3. The average molecular weight is 527 g/mol. The number of nitrogens with zero attached hydrogens (tertiary/aromatic N) is 2. The zero-order valence-electron chi connectivity index (χ0n) is 19.2. The van der Waals surface area contributed by atoms with Gasteiger partial charge in [0.2, 0.25) is 17.7 Å². The number of fused-ring (bicyclic) bond motifs is 1. The Balaban J connectivity index is 1.45. The van der Waals surface area contributed by atoms with Gasteiger partial charge in [-0.1, -0.05) is 35.3 Å². The summed E-state index contributed by atoms with van der Waals surface area (Å²) in [6.45, 7) is 0. The summed E-state index contributed by atoms with van der Waals surface area (Å²) in [4.78, 5) is 33.0. The minimum atomic E-state index is -0.549. The molecule has 0 spiro atoms. The summed E-state index contributed by atoms with van der Waals surface area (Å²) in [6, 6.07) is 13.3. The summed E-state index contributed by atoms with van der Waals surface area (Å²) in [5, 5.41) is 6.36. The van der Waals surface area contributed by atoms with E-state index in [1.807, 2.05) is 0 Å². The minimum absolute atomic E-state index is 0.119. The number of benzene rings is 2. The largest absolute Gasteiger partial charge is 0.493 e. The minimum Gasteiger partial charge on any atom is -0.493 e. The van der Waals surface area contributed by atoms with Crippen molar-refractivity contribution in [2.24, 2.45) is 0 Å². The second kappa shape index (κ2) is 11.1. The Hall–Kier alpha value is -4.08. The number of ether oxygens (including phenoxy) is 3. The maximum Gasteiger partial charge on any atom is 0.238 e. The van der Waals surface area contributed by atoms with E-state index in [4.69, 9.17) is 37.4 Å². The first-order valence-corrected chi connectivity index (χ1v) is 11.3. The maximum atomic E-state index is 12.3. The molecule has 2 heterocycles. The van der Waals surface area contributed by atoms with Crippen molar-refractivity contribution in [2.75, 3.05) is 24.9 Å². The highest BCUT2D eigenvalue weighted by Crippen LogP contribution is 2.38. The molecule has 0 fully saturated rings. The molecule has 0 unspecified atom stereocenters. The number of carbonyl (C=O) groups excluding carboxylic acids is 2. The van der Waals surface area contributed by atoms with Crippen molar-refractivity contribution in [3.63, 3.8) is 0 Å². The van der Waals surface area contributed by atoms with Gasteiger partial charge in [0.1, 0.15) is 17.2 Å². The Kier molecular flexibility index (Phi) is 7.72. The molecule has 2 N–H and O–H groups in total. The first-order valence-electron chi connectivity index (χ1n) is 10.6. The van der Waals surface area contributed by atoms with Crippen molar-refractivity contribution in [2.45, 2.75) is 6.42 Å². The summed E-state index contributed by atoms with van der Waals surface area (Å²) < 4.78 is 16.6. The van der Waals surface area contributed by atoms with Crippen LogP contribution >= 0.6 is 23.2 Å². The van der Waals surface area contributed by atoms with Crippen LogP contribution in [0.4, 0.5) is 11.4 Å². The standard InChI is InChI=1S/C25H20Cl2N4O5/c1-34-21-10-15-19(11-22(21)35-2)28-8-7-20(15)36-25-17(27)9-14(13-29-25)30-23(32)12-24(33)31-18-6-4-3-5-16(18)26/h3-11,13H,12H2,1-2H3,(H,30,32)(H,31,33). The summed E-state index contributed by atoms with van der Waals surface area (Å²) in [6.07, 6.45) is 2.53. The molecule has 36 heavy (non-hydrogen) atoms. The van der Waals surface area contributed by atoms with Crippen LogP contribution in [0.3, 0.4) is 0 Å². The van der Waals surface area contributed by atoms with E-state index in [-0.39, 0.29) is 10.9 Å². The molecular formula is C25H20Cl2N4O5. The number of hydrogen-bond acceptors (Lipinski definition) is 7. The smallest absolute Gasteiger partial charge is 0.238 e. The topological polar surface area (TPSA) is 112 Å². The monoisotopic (exact) mass is 526 g/mol. The van der Waals surface area contributed by atoms with Gasteiger partial charge in [-0.3, -0.25) is 14.6 Å². The number of para-hydroxylation sites is 1. The number of anilines is 2. The third-order valence-corrected chi connectivity index (χ3v) is 5.57. The van der Waals surface area contributed by atoms with Gasteiger partial charge in [-0.15, -0.1) is 0 Å². The van der Waals surface area contributed by atoms with Gasteiger partial charge in [0, 0.05) is 17.6 Å². The van der Waals surface area contributed by atoms with E-state index in [1.165, 1.54) is 19.4 Å². The van der Waals surface area contributed by atoms with E-state index in [0.717, 1.165) is 0 Å². The Morgan fingerprint density at radius 2 is 1.58 bits per heavy atom. The first kappa shape index (κ1) is 25.0. The van der Waals surface area contributed by atoms with Crippen LogP contribution in [-0.4, -0.2) is 36.0 Å². The summed E-state index contributed by atoms with van der Waals surface area (Å²) >= 11 is 12.4. The van der Waals surface area contributed by atoms with Gasteiger partial charge in [0.05, 0.1) is 42.3 Å². The lowest BCUT2D eigenvalue weighted by Gasteiger charge is -2.13. The predicted octanol–water partition coefficient (Wildman–Crippen LogP) is 5.71. The molecule has 9 nitrogen and oxygen atoms in total. The van der Waals surface area contributed by atoms with Crippen LogP contribution < -0.4 is 24.8 Å². The summed E-state index contributed by atoms with van der Waals surface area (Å²) in [7, 11) is 3.08. The fraction of sp³-hybridized carbons (Fsp3) is 0.120. The lowest BCUT2D eigenvalue weighted by atomic mass is 10.2. The van der Waals surface area contributed by atoms with Crippen LogP contribution in [0, 0.1) is 0 Å². The highest BCUT2D eigenvalue weighted by Gasteiger charge is 2.15. The molecule has 4 aromatic rings. The van der Waals surface area contributed by atoms with Crippen LogP contribution in [-0.2, 0) is 9.59 Å². The van der Waals surface area contributed by atoms with Crippen molar-refractivity contribution in [1.29, 1.82) is 0 Å². The third-order valence-electron chi connectivity index (χ3n) is 4.97. The second-order valence-electron chi connectivity index (χ2n) is 7.40. The molecule has 2 aromatic heterocycles. The molecule has 0 saturated carbocycles. The summed E-state index contributed by atoms with van der Waals surface area (Å²) in [5.41, 5.74) is 1.34. The highest BCUT2D eigenvalue weighted by molar-refractivity contribution is 6.34. The lowest BCUT2D eigenvalue weighted by molar-refractivity contribution is -0.123. The number of carbonyl (C=O) groups is 2. The van der Waals surface area contributed by atoms with Crippen molar-refractivity contribution in [3.8, 4) is 23.1 Å². The molecule has 4 rings (SSSR count). The molecule has 0 aliphatic heterocycles. The van der Waals surface area contributed by atoms with Gasteiger partial charge in [0.25, 0.3) is 0 Å². The molecule has 0 saturated heterocycles. The fourth-order valence-electron chi connectivity index (χ4n) is 3.32. The molecule has 0 atom stereocenters. The predicted molar refractivity (Wildman–Crippen MR) is 137 cm³/mol. The lowest BCUT2D eigenvalue weighted by Crippen LogP contribution is -2.21. The Morgan fingerprint density at radius 1 is 0.861 bits per heavy atom. The molecule has 184 valence electrons. The average Bonchev–Trinajstić information content (AvgIpc) is 2.86. The number of nitrogens with one attached hydrogen (secondary N) is 2. The van der Waals surface area contributed by atoms with Crippen molar-refractivity contribution in [3.05, 3.63) is 71.0 Å². The zero-order chi connectivity index (χ0) is 25.7. The number of methoxy groups -OCH3 is 2. The number of rotatable bonds is 8. The number of amides is 2. The van der Waals surface area contributed by atoms with Gasteiger partial charge in [-0.2, -0.15) is 0 Å². The van der Waals surface area contributed by atoms with E-state index in [9.17, 15) is 9.59 Å². The van der Waals surface area contributed by atoms with E-state index >= 15 is 0 Å². The number of aromatic nitrogens is 2. The quantitative estimate of drug-likeness (QED) is 0.282. The van der Waals surface area contributed by atoms with Gasteiger partial charge < -0.3 is 24.8 Å². The molecule has 2 amide bonds. The van der Waals surface area contributed by atoms with Gasteiger partial charge >= 0.3 is 0 Å². The van der Waals surface area contributed by atoms with Gasteiger partial charge in [-0.05, 0) is 30.3 Å². The van der Waals surface area contributed by atoms with Crippen molar-refractivity contribution in [1.82, 2.24) is 9.97 Å². The Bertz CT molecular complexity index is 1450.